The average molecular weight is 387 g/mol. The quantitative estimate of drug-likeness (QED) is 0.653. The molecule has 0 radical (unpaired) electrons. The highest BCUT2D eigenvalue weighted by Gasteiger charge is 2.39. The molecule has 25 heavy (non-hydrogen) atoms. The number of sulfone groups is 1. The Bertz CT molecular complexity index is 811. The van der Waals surface area contributed by atoms with Gasteiger partial charge in [0.25, 0.3) is 0 Å². The van der Waals surface area contributed by atoms with Crippen molar-refractivity contribution < 1.29 is 23.7 Å². The van der Waals surface area contributed by atoms with Gasteiger partial charge in [0.2, 0.25) is 0 Å². The molecule has 2 rings (SSSR count). The van der Waals surface area contributed by atoms with E-state index in [4.69, 9.17) is 11.6 Å². The summed E-state index contributed by atoms with van der Waals surface area (Å²) in [5.41, 5.74) is 2.78. The molecule has 0 spiro atoms. The van der Waals surface area contributed by atoms with Crippen LogP contribution in [0.4, 0.5) is 0 Å². The number of aliphatic hydroxyl groups is 2. The first-order valence-corrected chi connectivity index (χ1v) is 10.1. The number of allylic oxidation sites excluding steroid dienone is 1. The second-order valence-electron chi connectivity index (χ2n) is 6.47. The number of hydrogen-bond donors (Lipinski definition) is 3. The predicted molar refractivity (Wildman–Crippen MR) is 99.4 cm³/mol. The monoisotopic (exact) mass is 386 g/mol. The number of phenols is 1. The zero-order chi connectivity index (χ0) is 18.8. The van der Waals surface area contributed by atoms with Crippen molar-refractivity contribution in [2.45, 2.75) is 38.0 Å². The van der Waals surface area contributed by atoms with E-state index in [0.717, 1.165) is 11.1 Å². The van der Waals surface area contributed by atoms with Gasteiger partial charge >= 0.3 is 0 Å². The van der Waals surface area contributed by atoms with Crippen LogP contribution in [0.3, 0.4) is 0 Å². The fraction of sp³-hybridized carbons (Fsp3) is 0.444. The van der Waals surface area contributed by atoms with Crippen LogP contribution in [-0.4, -0.2) is 47.5 Å². The lowest BCUT2D eigenvalue weighted by Gasteiger charge is -2.18. The molecule has 1 heterocycles. The van der Waals surface area contributed by atoms with E-state index < -0.39 is 27.8 Å². The molecule has 3 N–H and O–H groups in total. The first-order chi connectivity index (χ1) is 11.7. The van der Waals surface area contributed by atoms with Gasteiger partial charge in [-0.2, -0.15) is 0 Å². The fourth-order valence-corrected chi connectivity index (χ4v) is 5.33. The highest BCUT2D eigenvalue weighted by atomic mass is 35.5. The molecule has 0 bridgehead atoms. The van der Waals surface area contributed by atoms with Crippen LogP contribution in [0.25, 0.3) is 6.08 Å². The third kappa shape index (κ3) is 4.64. The summed E-state index contributed by atoms with van der Waals surface area (Å²) < 4.78 is 24.0. The molecule has 0 amide bonds. The van der Waals surface area contributed by atoms with Crippen LogP contribution < -0.4 is 0 Å². The number of hydrogen-bond acceptors (Lipinski definition) is 5. The molecule has 1 aliphatic rings. The second-order valence-corrected chi connectivity index (χ2v) is 9.06. The minimum atomic E-state index is -3.42. The Kier molecular flexibility index (Phi) is 6.32. The molecule has 0 aliphatic carbocycles. The lowest BCUT2D eigenvalue weighted by Crippen LogP contribution is -2.29. The Labute approximate surface area is 153 Å². The molecule has 0 saturated carbocycles. The van der Waals surface area contributed by atoms with Crippen molar-refractivity contribution in [2.24, 2.45) is 0 Å². The standard InChI is InChI=1S/C18H23ClO5S/c1-11(7-13-4-5-14(21)8-15(13)19)3-6-16(22)18-12(2)10-25(23,24)17(18)9-20/h4-5,7-8,16-17,20-22H,3,6,9-10H2,1-2H3/b11-7+/t16-,17+/m1/s1. The highest BCUT2D eigenvalue weighted by Crippen LogP contribution is 2.32. The Morgan fingerprint density at radius 3 is 2.72 bits per heavy atom. The lowest BCUT2D eigenvalue weighted by atomic mass is 9.96. The van der Waals surface area contributed by atoms with Crippen LogP contribution in [0.2, 0.25) is 5.02 Å². The third-order valence-corrected chi connectivity index (χ3v) is 6.85. The predicted octanol–water partition coefficient (Wildman–Crippen LogP) is 2.70. The van der Waals surface area contributed by atoms with E-state index in [1.165, 1.54) is 6.07 Å². The second kappa shape index (κ2) is 7.91. The Hall–Kier alpha value is -1.34. The minimum Gasteiger partial charge on any atom is -0.508 e. The van der Waals surface area contributed by atoms with Gasteiger partial charge in [0.1, 0.15) is 11.0 Å². The molecule has 1 aromatic carbocycles. The normalized spacial score (nSPS) is 21.6. The smallest absolute Gasteiger partial charge is 0.163 e. The van der Waals surface area contributed by atoms with Crippen LogP contribution in [0.15, 0.2) is 34.9 Å². The summed E-state index contributed by atoms with van der Waals surface area (Å²) in [5, 5.41) is 28.6. The Balaban J connectivity index is 2.07. The number of halogens is 1. The summed E-state index contributed by atoms with van der Waals surface area (Å²) >= 11 is 6.07. The average Bonchev–Trinajstić information content (AvgIpc) is 2.75. The number of phenolic OH excluding ortho intramolecular Hbond substituents is 1. The minimum absolute atomic E-state index is 0.0927. The molecular weight excluding hydrogens is 364 g/mol. The van der Waals surface area contributed by atoms with Gasteiger partial charge in [-0.15, -0.1) is 0 Å². The van der Waals surface area contributed by atoms with Crippen LogP contribution in [0.5, 0.6) is 5.75 Å². The Morgan fingerprint density at radius 1 is 1.44 bits per heavy atom. The molecule has 138 valence electrons. The molecule has 0 aromatic heterocycles. The zero-order valence-corrected chi connectivity index (χ0v) is 15.8. The van der Waals surface area contributed by atoms with Gasteiger partial charge in [-0.3, -0.25) is 0 Å². The van der Waals surface area contributed by atoms with E-state index in [0.29, 0.717) is 29.0 Å². The van der Waals surface area contributed by atoms with E-state index in [1.54, 1.807) is 19.1 Å². The topological polar surface area (TPSA) is 94.8 Å². The number of benzene rings is 1. The van der Waals surface area contributed by atoms with Gasteiger partial charge in [0, 0.05) is 0 Å². The van der Waals surface area contributed by atoms with Crippen molar-refractivity contribution in [2.75, 3.05) is 12.4 Å². The van der Waals surface area contributed by atoms with Crippen LogP contribution in [0.1, 0.15) is 32.3 Å². The molecular formula is C18H23ClO5S. The van der Waals surface area contributed by atoms with Gasteiger partial charge in [0.05, 0.1) is 23.5 Å². The number of aromatic hydroxyl groups is 1. The summed E-state index contributed by atoms with van der Waals surface area (Å²) in [7, 11) is -3.42. The number of rotatable bonds is 6. The highest BCUT2D eigenvalue weighted by molar-refractivity contribution is 7.92. The maximum Gasteiger partial charge on any atom is 0.163 e. The lowest BCUT2D eigenvalue weighted by molar-refractivity contribution is 0.189. The van der Waals surface area contributed by atoms with Crippen LogP contribution in [0, 0.1) is 0 Å². The Morgan fingerprint density at radius 2 is 2.12 bits per heavy atom. The molecule has 0 unspecified atom stereocenters. The van der Waals surface area contributed by atoms with Gasteiger partial charge in [0.15, 0.2) is 9.84 Å². The van der Waals surface area contributed by atoms with Crippen molar-refractivity contribution in [1.82, 2.24) is 0 Å². The van der Waals surface area contributed by atoms with E-state index in [2.05, 4.69) is 0 Å². The largest absolute Gasteiger partial charge is 0.508 e. The molecule has 1 aromatic rings. The van der Waals surface area contributed by atoms with Gasteiger partial charge in [-0.1, -0.05) is 28.8 Å². The van der Waals surface area contributed by atoms with Crippen molar-refractivity contribution in [1.29, 1.82) is 0 Å². The van der Waals surface area contributed by atoms with Crippen molar-refractivity contribution >= 4 is 27.5 Å². The first-order valence-electron chi connectivity index (χ1n) is 8.01. The molecule has 5 nitrogen and oxygen atoms in total. The molecule has 1 aliphatic heterocycles. The van der Waals surface area contributed by atoms with Crippen LogP contribution in [-0.2, 0) is 9.84 Å². The van der Waals surface area contributed by atoms with Gasteiger partial charge in [-0.05, 0) is 56.0 Å². The maximum absolute atomic E-state index is 12.0. The molecule has 0 fully saturated rings. The summed E-state index contributed by atoms with van der Waals surface area (Å²) in [6.07, 6.45) is 1.86. The summed E-state index contributed by atoms with van der Waals surface area (Å²) in [5.74, 6) is -0.0159. The SMILES string of the molecule is CC1=C([C@H](O)CC/C(C)=C/c2ccc(O)cc2Cl)[C@H](CO)S(=O)(=O)C1. The molecule has 2 atom stereocenters. The third-order valence-electron chi connectivity index (χ3n) is 4.41. The van der Waals surface area contributed by atoms with Crippen molar-refractivity contribution in [3.8, 4) is 5.75 Å². The van der Waals surface area contributed by atoms with Gasteiger partial charge in [-0.25, -0.2) is 8.42 Å². The van der Waals surface area contributed by atoms with E-state index in [-0.39, 0.29) is 11.5 Å². The van der Waals surface area contributed by atoms with E-state index >= 15 is 0 Å². The van der Waals surface area contributed by atoms with E-state index in [9.17, 15) is 23.7 Å². The van der Waals surface area contributed by atoms with Crippen molar-refractivity contribution in [3.05, 3.63) is 45.5 Å². The maximum atomic E-state index is 12.0. The first kappa shape index (κ1) is 20.0. The van der Waals surface area contributed by atoms with E-state index in [1.807, 2.05) is 13.0 Å². The summed E-state index contributed by atoms with van der Waals surface area (Å²) in [6.45, 7) is 3.07. The number of aliphatic hydroxyl groups excluding tert-OH is 2. The summed E-state index contributed by atoms with van der Waals surface area (Å²) in [6, 6.07) is 4.71. The fourth-order valence-electron chi connectivity index (χ4n) is 3.16. The zero-order valence-electron chi connectivity index (χ0n) is 14.2. The molecule has 7 heteroatoms. The van der Waals surface area contributed by atoms with Crippen molar-refractivity contribution in [3.63, 3.8) is 0 Å². The summed E-state index contributed by atoms with van der Waals surface area (Å²) in [4.78, 5) is 0. The van der Waals surface area contributed by atoms with Gasteiger partial charge < -0.3 is 15.3 Å². The molecule has 0 saturated heterocycles. The van der Waals surface area contributed by atoms with Crippen LogP contribution >= 0.6 is 11.6 Å².